The molecular weight excluding hydrogens is 588 g/mol. The van der Waals surface area contributed by atoms with Crippen LogP contribution in [0.25, 0.3) is 99.7 Å². The van der Waals surface area contributed by atoms with Crippen LogP contribution in [0.4, 0.5) is 0 Å². The standard InChI is InChI=1S/C44H26N2O2/c1-2-11-27(12-3-1)30-15-10-16-32(24-30)41-43-42(35-18-7-9-20-38(35)48-43)46-44(45-41)36-25-33(31-22-21-28-13-4-5-14-29(28)23-31)26-39-40(36)34-17-6-8-19-37(34)47-39/h1-26H. The molecule has 48 heavy (non-hydrogen) atoms. The van der Waals surface area contributed by atoms with Crippen LogP contribution in [0, 0.1) is 0 Å². The van der Waals surface area contributed by atoms with Gasteiger partial charge in [-0.3, -0.25) is 0 Å². The lowest BCUT2D eigenvalue weighted by Crippen LogP contribution is -1.95. The van der Waals surface area contributed by atoms with E-state index in [2.05, 4.69) is 115 Å². The van der Waals surface area contributed by atoms with Crippen molar-refractivity contribution in [2.75, 3.05) is 0 Å². The van der Waals surface area contributed by atoms with Gasteiger partial charge >= 0.3 is 0 Å². The Morgan fingerprint density at radius 1 is 0.396 bits per heavy atom. The fraction of sp³-hybridized carbons (Fsp3) is 0. The summed E-state index contributed by atoms with van der Waals surface area (Å²) in [5.74, 6) is 0.619. The van der Waals surface area contributed by atoms with Crippen molar-refractivity contribution in [1.82, 2.24) is 9.97 Å². The summed E-state index contributed by atoms with van der Waals surface area (Å²) in [5, 5.41) is 5.36. The van der Waals surface area contributed by atoms with E-state index in [-0.39, 0.29) is 0 Å². The molecule has 0 aliphatic heterocycles. The van der Waals surface area contributed by atoms with Crippen molar-refractivity contribution in [1.29, 1.82) is 0 Å². The van der Waals surface area contributed by atoms with Gasteiger partial charge in [0.25, 0.3) is 0 Å². The maximum absolute atomic E-state index is 6.51. The van der Waals surface area contributed by atoms with Crippen molar-refractivity contribution in [3.05, 3.63) is 158 Å². The molecule has 7 aromatic carbocycles. The quantitative estimate of drug-likeness (QED) is 0.198. The number of para-hydroxylation sites is 2. The van der Waals surface area contributed by atoms with Crippen molar-refractivity contribution < 1.29 is 8.83 Å². The summed E-state index contributed by atoms with van der Waals surface area (Å²) in [6, 6.07) is 54.5. The van der Waals surface area contributed by atoms with Crippen LogP contribution in [0.2, 0.25) is 0 Å². The van der Waals surface area contributed by atoms with E-state index in [0.717, 1.165) is 77.5 Å². The van der Waals surface area contributed by atoms with Crippen molar-refractivity contribution in [2.24, 2.45) is 0 Å². The molecule has 0 aliphatic carbocycles. The number of rotatable bonds is 4. The van der Waals surface area contributed by atoms with Gasteiger partial charge in [0, 0.05) is 27.3 Å². The van der Waals surface area contributed by atoms with Crippen molar-refractivity contribution in [2.45, 2.75) is 0 Å². The summed E-state index contributed by atoms with van der Waals surface area (Å²) in [6.07, 6.45) is 0. The van der Waals surface area contributed by atoms with E-state index in [4.69, 9.17) is 18.8 Å². The predicted octanol–water partition coefficient (Wildman–Crippen LogP) is 12.1. The van der Waals surface area contributed by atoms with Crippen LogP contribution in [-0.4, -0.2) is 9.97 Å². The minimum Gasteiger partial charge on any atom is -0.456 e. The lowest BCUT2D eigenvalue weighted by atomic mass is 9.96. The van der Waals surface area contributed by atoms with Gasteiger partial charge in [-0.2, -0.15) is 0 Å². The molecule has 10 aromatic rings. The van der Waals surface area contributed by atoms with Gasteiger partial charge in [0.05, 0.1) is 0 Å². The zero-order valence-electron chi connectivity index (χ0n) is 25.7. The molecule has 0 N–H and O–H groups in total. The lowest BCUT2D eigenvalue weighted by Gasteiger charge is -2.11. The summed E-state index contributed by atoms with van der Waals surface area (Å²) >= 11 is 0. The van der Waals surface area contributed by atoms with Crippen LogP contribution in [0.15, 0.2) is 167 Å². The molecule has 0 aliphatic rings. The SMILES string of the molecule is c1ccc(-c2cccc(-c3nc(-c4cc(-c5ccc6ccccc6c5)cc5oc6ccccc6c45)nc4c3oc3ccccc34)c2)cc1. The average Bonchev–Trinajstić information content (AvgIpc) is 3.73. The number of hydrogen-bond donors (Lipinski definition) is 0. The molecule has 224 valence electrons. The Morgan fingerprint density at radius 2 is 1.08 bits per heavy atom. The largest absolute Gasteiger partial charge is 0.456 e. The molecule has 0 fully saturated rings. The summed E-state index contributed by atoms with van der Waals surface area (Å²) in [4.78, 5) is 10.6. The summed E-state index contributed by atoms with van der Waals surface area (Å²) in [6.45, 7) is 0. The lowest BCUT2D eigenvalue weighted by molar-refractivity contribution is 0.667. The molecule has 0 bridgehead atoms. The van der Waals surface area contributed by atoms with E-state index < -0.39 is 0 Å². The molecule has 0 unspecified atom stereocenters. The maximum atomic E-state index is 6.51. The third-order valence-corrected chi connectivity index (χ3v) is 9.27. The Hall–Kier alpha value is -6.52. The number of fused-ring (bicyclic) bond motifs is 7. The third-order valence-electron chi connectivity index (χ3n) is 9.27. The number of nitrogens with zero attached hydrogens (tertiary/aromatic N) is 2. The minimum absolute atomic E-state index is 0.619. The molecule has 0 spiro atoms. The molecule has 0 atom stereocenters. The van der Waals surface area contributed by atoms with Crippen LogP contribution in [0.5, 0.6) is 0 Å². The fourth-order valence-corrected chi connectivity index (χ4v) is 6.95. The first-order chi connectivity index (χ1) is 23.8. The van der Waals surface area contributed by atoms with Crippen LogP contribution in [0.3, 0.4) is 0 Å². The molecule has 0 saturated heterocycles. The van der Waals surface area contributed by atoms with Gasteiger partial charge in [-0.25, -0.2) is 9.97 Å². The maximum Gasteiger partial charge on any atom is 0.180 e. The molecule has 4 heteroatoms. The zero-order valence-corrected chi connectivity index (χ0v) is 25.7. The Kier molecular flexibility index (Phi) is 5.84. The number of hydrogen-bond acceptors (Lipinski definition) is 4. The van der Waals surface area contributed by atoms with E-state index >= 15 is 0 Å². The van der Waals surface area contributed by atoms with E-state index in [0.29, 0.717) is 11.4 Å². The minimum atomic E-state index is 0.619. The van der Waals surface area contributed by atoms with Gasteiger partial charge in [0.2, 0.25) is 0 Å². The zero-order chi connectivity index (χ0) is 31.6. The Bertz CT molecular complexity index is 2850. The second kappa shape index (κ2) is 10.5. The van der Waals surface area contributed by atoms with Crippen molar-refractivity contribution in [3.8, 4) is 44.9 Å². The van der Waals surface area contributed by atoms with E-state index in [1.807, 2.05) is 42.5 Å². The Labute approximate surface area is 275 Å². The first-order valence-corrected chi connectivity index (χ1v) is 16.1. The normalized spacial score (nSPS) is 11.8. The second-order valence-electron chi connectivity index (χ2n) is 12.2. The molecule has 0 radical (unpaired) electrons. The van der Waals surface area contributed by atoms with Crippen molar-refractivity contribution in [3.63, 3.8) is 0 Å². The fourth-order valence-electron chi connectivity index (χ4n) is 6.95. The van der Waals surface area contributed by atoms with Crippen LogP contribution in [0.1, 0.15) is 0 Å². The molecule has 0 amide bonds. The van der Waals surface area contributed by atoms with Gasteiger partial charge in [-0.15, -0.1) is 0 Å². The Morgan fingerprint density at radius 3 is 1.96 bits per heavy atom. The van der Waals surface area contributed by atoms with E-state index in [9.17, 15) is 0 Å². The van der Waals surface area contributed by atoms with Gasteiger partial charge in [0.15, 0.2) is 11.4 Å². The van der Waals surface area contributed by atoms with E-state index in [1.54, 1.807) is 0 Å². The summed E-state index contributed by atoms with van der Waals surface area (Å²) in [5.41, 5.74) is 10.9. The van der Waals surface area contributed by atoms with Gasteiger partial charge in [0.1, 0.15) is 28.0 Å². The molecular formula is C44H26N2O2. The second-order valence-corrected chi connectivity index (χ2v) is 12.2. The Balaban J connectivity index is 1.28. The third kappa shape index (κ3) is 4.24. The van der Waals surface area contributed by atoms with Gasteiger partial charge in [-0.05, 0) is 75.5 Å². The predicted molar refractivity (Wildman–Crippen MR) is 196 cm³/mol. The highest BCUT2D eigenvalue weighted by atomic mass is 16.3. The summed E-state index contributed by atoms with van der Waals surface area (Å²) in [7, 11) is 0. The molecule has 0 saturated carbocycles. The average molecular weight is 615 g/mol. The first kappa shape index (κ1) is 26.7. The van der Waals surface area contributed by atoms with Crippen LogP contribution in [-0.2, 0) is 0 Å². The summed E-state index contributed by atoms with van der Waals surface area (Å²) < 4.78 is 13.0. The van der Waals surface area contributed by atoms with E-state index in [1.165, 1.54) is 10.8 Å². The van der Waals surface area contributed by atoms with Crippen LogP contribution < -0.4 is 0 Å². The molecule has 4 nitrogen and oxygen atoms in total. The van der Waals surface area contributed by atoms with Gasteiger partial charge < -0.3 is 8.83 Å². The highest BCUT2D eigenvalue weighted by Gasteiger charge is 2.22. The molecule has 3 heterocycles. The molecule has 3 aromatic heterocycles. The van der Waals surface area contributed by atoms with Crippen LogP contribution >= 0.6 is 0 Å². The smallest absolute Gasteiger partial charge is 0.180 e. The molecule has 10 rings (SSSR count). The number of aromatic nitrogens is 2. The monoisotopic (exact) mass is 614 g/mol. The number of furan rings is 2. The first-order valence-electron chi connectivity index (χ1n) is 16.1. The topological polar surface area (TPSA) is 52.1 Å². The van der Waals surface area contributed by atoms with Gasteiger partial charge in [-0.1, -0.05) is 115 Å². The number of benzene rings is 7. The van der Waals surface area contributed by atoms with Crippen molar-refractivity contribution >= 4 is 54.8 Å². The highest BCUT2D eigenvalue weighted by molar-refractivity contribution is 6.14. The highest BCUT2D eigenvalue weighted by Crippen LogP contribution is 2.42.